The highest BCUT2D eigenvalue weighted by Gasteiger charge is 2.44. The van der Waals surface area contributed by atoms with E-state index in [1.165, 1.54) is 11.3 Å². The molecule has 4 heterocycles. The zero-order chi connectivity index (χ0) is 25.2. The second kappa shape index (κ2) is 10.3. The van der Waals surface area contributed by atoms with Gasteiger partial charge in [0.05, 0.1) is 17.5 Å². The van der Waals surface area contributed by atoms with Crippen molar-refractivity contribution in [1.29, 1.82) is 0 Å². The van der Waals surface area contributed by atoms with Crippen molar-refractivity contribution in [2.45, 2.75) is 63.3 Å². The number of nitrogens with two attached hydrogens (primary N) is 1. The van der Waals surface area contributed by atoms with Crippen LogP contribution in [-0.4, -0.2) is 68.2 Å². The molecule has 0 radical (unpaired) electrons. The van der Waals surface area contributed by atoms with Gasteiger partial charge in [0.15, 0.2) is 5.82 Å². The number of hydrogen-bond donors (Lipinski definition) is 2. The minimum atomic E-state index is -0.740. The fourth-order valence-corrected chi connectivity index (χ4v) is 5.33. The van der Waals surface area contributed by atoms with Crippen LogP contribution in [0.5, 0.6) is 5.88 Å². The average molecular weight is 509 g/mol. The van der Waals surface area contributed by atoms with E-state index in [-0.39, 0.29) is 12.6 Å². The van der Waals surface area contributed by atoms with Gasteiger partial charge in [-0.1, -0.05) is 19.4 Å². The van der Waals surface area contributed by atoms with Crippen molar-refractivity contribution in [3.63, 3.8) is 0 Å². The van der Waals surface area contributed by atoms with E-state index in [9.17, 15) is 14.4 Å². The Morgan fingerprint density at radius 2 is 2.08 bits per heavy atom. The Kier molecular flexibility index (Phi) is 6.92. The number of aromatic nitrogens is 3. The molecule has 11 heteroatoms. The van der Waals surface area contributed by atoms with Crippen LogP contribution in [0.25, 0.3) is 21.7 Å². The number of carbonyl (C=O) groups is 3. The number of thiophene rings is 1. The van der Waals surface area contributed by atoms with Crippen LogP contribution in [0.1, 0.15) is 39.0 Å². The molecule has 2 amide bonds. The SMILES string of the molecule is CCC[C@@H](C(=O)C(=O)NC1CC1)N1CC(Oc2nc(-c3ccccn3)nc3sccc23)CC1C(N)=O. The summed E-state index contributed by atoms with van der Waals surface area (Å²) in [5.74, 6) is -0.843. The first kappa shape index (κ1) is 24.3. The highest BCUT2D eigenvalue weighted by molar-refractivity contribution is 7.16. The average Bonchev–Trinajstić information content (AvgIpc) is 3.38. The molecule has 2 unspecified atom stereocenters. The Hall–Kier alpha value is -3.44. The van der Waals surface area contributed by atoms with Gasteiger partial charge in [0.1, 0.15) is 16.6 Å². The monoisotopic (exact) mass is 508 g/mol. The zero-order valence-electron chi connectivity index (χ0n) is 19.9. The Morgan fingerprint density at radius 1 is 1.25 bits per heavy atom. The van der Waals surface area contributed by atoms with E-state index in [0.29, 0.717) is 36.7 Å². The smallest absolute Gasteiger partial charge is 0.289 e. The molecule has 0 bridgehead atoms. The molecule has 36 heavy (non-hydrogen) atoms. The lowest BCUT2D eigenvalue weighted by Gasteiger charge is -2.29. The third kappa shape index (κ3) is 5.07. The topological polar surface area (TPSA) is 140 Å². The minimum absolute atomic E-state index is 0.0735. The van der Waals surface area contributed by atoms with Crippen LogP contribution in [0.2, 0.25) is 0 Å². The van der Waals surface area contributed by atoms with Gasteiger partial charge in [-0.3, -0.25) is 24.3 Å². The summed E-state index contributed by atoms with van der Waals surface area (Å²) >= 11 is 1.47. The fraction of sp³-hybridized carbons (Fsp3) is 0.440. The maximum Gasteiger partial charge on any atom is 0.289 e. The summed E-state index contributed by atoms with van der Waals surface area (Å²) in [6.45, 7) is 2.21. The summed E-state index contributed by atoms with van der Waals surface area (Å²) < 4.78 is 6.33. The number of nitrogens with one attached hydrogen (secondary N) is 1. The Morgan fingerprint density at radius 3 is 2.78 bits per heavy atom. The van der Waals surface area contributed by atoms with Gasteiger partial charge in [0.25, 0.3) is 5.91 Å². The summed E-state index contributed by atoms with van der Waals surface area (Å²) in [5, 5.41) is 5.44. The van der Waals surface area contributed by atoms with Crippen molar-refractivity contribution in [2.75, 3.05) is 6.54 Å². The van der Waals surface area contributed by atoms with Gasteiger partial charge in [-0.25, -0.2) is 4.98 Å². The first-order chi connectivity index (χ1) is 17.4. The molecule has 188 valence electrons. The number of carbonyl (C=O) groups excluding carboxylic acids is 3. The van der Waals surface area contributed by atoms with Crippen molar-refractivity contribution in [1.82, 2.24) is 25.2 Å². The lowest BCUT2D eigenvalue weighted by molar-refractivity contribution is -0.142. The Balaban J connectivity index is 1.40. The molecule has 2 fully saturated rings. The molecule has 0 aromatic carbocycles. The van der Waals surface area contributed by atoms with E-state index in [4.69, 9.17) is 10.5 Å². The zero-order valence-corrected chi connectivity index (χ0v) is 20.7. The van der Waals surface area contributed by atoms with Crippen LogP contribution in [0, 0.1) is 0 Å². The van der Waals surface area contributed by atoms with Crippen molar-refractivity contribution in [3.8, 4) is 17.4 Å². The summed E-state index contributed by atoms with van der Waals surface area (Å²) in [7, 11) is 0. The summed E-state index contributed by atoms with van der Waals surface area (Å²) in [6, 6.07) is 6.01. The Bertz CT molecular complexity index is 1280. The van der Waals surface area contributed by atoms with Crippen molar-refractivity contribution < 1.29 is 19.1 Å². The number of ether oxygens (including phenoxy) is 1. The van der Waals surface area contributed by atoms with Gasteiger partial charge in [0, 0.05) is 25.2 Å². The van der Waals surface area contributed by atoms with E-state index in [1.54, 1.807) is 11.1 Å². The summed E-state index contributed by atoms with van der Waals surface area (Å²) in [6.07, 6.45) is 4.41. The molecule has 5 rings (SSSR count). The molecule has 1 saturated carbocycles. The molecule has 3 aromatic rings. The van der Waals surface area contributed by atoms with Gasteiger partial charge in [-0.05, 0) is 42.8 Å². The predicted molar refractivity (Wildman–Crippen MR) is 134 cm³/mol. The molecule has 1 saturated heterocycles. The number of rotatable bonds is 10. The molecule has 3 aromatic heterocycles. The van der Waals surface area contributed by atoms with E-state index in [1.807, 2.05) is 36.6 Å². The van der Waals surface area contributed by atoms with Gasteiger partial charge in [0.2, 0.25) is 17.6 Å². The van der Waals surface area contributed by atoms with Crippen molar-refractivity contribution in [2.24, 2.45) is 5.73 Å². The first-order valence-corrected chi connectivity index (χ1v) is 13.1. The molecule has 1 aliphatic heterocycles. The number of hydrogen-bond acceptors (Lipinski definition) is 9. The number of fused-ring (bicyclic) bond motifs is 1. The standard InChI is InChI=1S/C25H28N6O4S/c1-2-5-18(20(32)23(34)28-14-7-8-14)31-13-15(12-19(31)21(26)33)35-24-16-9-11-36-25(16)30-22(29-24)17-6-3-4-10-27-17/h3-4,6,9-11,14-15,18-19H,2,5,7-8,12-13H2,1H3,(H2,26,33)(H,28,34)/t15?,18-,19?/m0/s1. The second-order valence-corrected chi connectivity index (χ2v) is 10.1. The normalized spacial score (nSPS) is 20.8. The number of nitrogens with zero attached hydrogens (tertiary/aromatic N) is 4. The van der Waals surface area contributed by atoms with Crippen molar-refractivity contribution >= 4 is 39.2 Å². The molecule has 0 spiro atoms. The quantitative estimate of drug-likeness (QED) is 0.397. The first-order valence-electron chi connectivity index (χ1n) is 12.2. The van der Waals surface area contributed by atoms with Crippen LogP contribution in [0.15, 0.2) is 35.8 Å². The lowest BCUT2D eigenvalue weighted by atomic mass is 10.0. The fourth-order valence-electron chi connectivity index (χ4n) is 4.57. The van der Waals surface area contributed by atoms with Crippen LogP contribution >= 0.6 is 11.3 Å². The number of amides is 2. The number of ketones is 1. The predicted octanol–water partition coefficient (Wildman–Crippen LogP) is 2.08. The highest BCUT2D eigenvalue weighted by atomic mass is 32.1. The third-order valence-electron chi connectivity index (χ3n) is 6.49. The van der Waals surface area contributed by atoms with Crippen LogP contribution < -0.4 is 15.8 Å². The number of primary amides is 1. The molecule has 1 aliphatic carbocycles. The highest BCUT2D eigenvalue weighted by Crippen LogP contribution is 2.33. The van der Waals surface area contributed by atoms with E-state index < -0.39 is 35.8 Å². The largest absolute Gasteiger partial charge is 0.472 e. The van der Waals surface area contributed by atoms with Gasteiger partial charge >= 0.3 is 0 Å². The van der Waals surface area contributed by atoms with Gasteiger partial charge in [-0.15, -0.1) is 11.3 Å². The maximum atomic E-state index is 13.1. The second-order valence-electron chi connectivity index (χ2n) is 9.21. The minimum Gasteiger partial charge on any atom is -0.472 e. The lowest BCUT2D eigenvalue weighted by Crippen LogP contribution is -2.53. The maximum absolute atomic E-state index is 13.1. The molecule has 10 nitrogen and oxygen atoms in total. The Labute approximate surface area is 212 Å². The number of Topliss-reactive ketones (excluding diaryl/α,β-unsaturated/α-hetero) is 1. The molecule has 3 atom stereocenters. The number of likely N-dealkylation sites (tertiary alicyclic amines) is 1. The van der Waals surface area contributed by atoms with E-state index in [2.05, 4.69) is 20.3 Å². The van der Waals surface area contributed by atoms with Crippen LogP contribution in [0.3, 0.4) is 0 Å². The molecule has 2 aliphatic rings. The number of pyridine rings is 1. The van der Waals surface area contributed by atoms with Crippen LogP contribution in [-0.2, 0) is 14.4 Å². The summed E-state index contributed by atoms with van der Waals surface area (Å²) in [4.78, 5) is 54.1. The third-order valence-corrected chi connectivity index (χ3v) is 7.30. The van der Waals surface area contributed by atoms with Crippen molar-refractivity contribution in [3.05, 3.63) is 35.8 Å². The van der Waals surface area contributed by atoms with Crippen LogP contribution in [0.4, 0.5) is 0 Å². The molecular weight excluding hydrogens is 480 g/mol. The van der Waals surface area contributed by atoms with Gasteiger partial charge < -0.3 is 15.8 Å². The van der Waals surface area contributed by atoms with E-state index >= 15 is 0 Å². The molecular formula is C25H28N6O4S. The molecule has 3 N–H and O–H groups in total. The van der Waals surface area contributed by atoms with Gasteiger partial charge in [-0.2, -0.15) is 4.98 Å². The summed E-state index contributed by atoms with van der Waals surface area (Å²) in [5.41, 5.74) is 6.36. The van der Waals surface area contributed by atoms with E-state index in [0.717, 1.165) is 23.1 Å².